The Kier molecular flexibility index (Phi) is 5.03. The number of thiophene rings is 1. The summed E-state index contributed by atoms with van der Waals surface area (Å²) in [6, 6.07) is 4.39. The first-order chi connectivity index (χ1) is 8.13. The molecule has 2 rings (SSSR count). The highest BCUT2D eigenvalue weighted by Crippen LogP contribution is 2.25. The van der Waals surface area contributed by atoms with Crippen LogP contribution in [0.5, 0.6) is 0 Å². The molecule has 0 amide bonds. The Morgan fingerprint density at radius 3 is 2.59 bits per heavy atom. The first kappa shape index (κ1) is 13.5. The van der Waals surface area contributed by atoms with Crippen molar-refractivity contribution in [3.05, 3.63) is 20.8 Å². The predicted octanol–water partition coefficient (Wildman–Crippen LogP) is 3.28. The largest absolute Gasteiger partial charge is 0.309 e. The maximum absolute atomic E-state index is 3.53. The van der Waals surface area contributed by atoms with Crippen molar-refractivity contribution in [1.29, 1.82) is 0 Å². The number of hydrogen-bond donors (Lipinski definition) is 0. The molecule has 0 atom stereocenters. The third kappa shape index (κ3) is 4.36. The minimum atomic E-state index is 0.899. The fraction of sp³-hybridized carbons (Fsp3) is 0.692. The van der Waals surface area contributed by atoms with Crippen LogP contribution in [-0.2, 0) is 6.54 Å². The van der Waals surface area contributed by atoms with Crippen LogP contribution in [-0.4, -0.2) is 43.5 Å². The SMILES string of the molecule is CN(C)CC1CCN(Cc2ccc(Br)s2)CC1. The highest BCUT2D eigenvalue weighted by molar-refractivity contribution is 9.11. The second-order valence-corrected chi connectivity index (χ2v) is 7.74. The molecular weight excluding hydrogens is 296 g/mol. The number of likely N-dealkylation sites (tertiary alicyclic amines) is 1. The van der Waals surface area contributed by atoms with Crippen molar-refractivity contribution in [2.24, 2.45) is 5.92 Å². The van der Waals surface area contributed by atoms with E-state index in [1.165, 1.54) is 41.1 Å². The molecule has 1 aromatic heterocycles. The summed E-state index contributed by atoms with van der Waals surface area (Å²) in [5, 5.41) is 0. The van der Waals surface area contributed by atoms with Gasteiger partial charge >= 0.3 is 0 Å². The average molecular weight is 317 g/mol. The Morgan fingerprint density at radius 2 is 2.06 bits per heavy atom. The van der Waals surface area contributed by atoms with Crippen LogP contribution in [0, 0.1) is 5.92 Å². The molecule has 0 saturated carbocycles. The van der Waals surface area contributed by atoms with Gasteiger partial charge in [-0.1, -0.05) is 0 Å². The molecular formula is C13H21BrN2S. The van der Waals surface area contributed by atoms with Crippen molar-refractivity contribution >= 4 is 27.3 Å². The van der Waals surface area contributed by atoms with Gasteiger partial charge in [0, 0.05) is 18.0 Å². The number of halogens is 1. The molecule has 4 heteroatoms. The lowest BCUT2D eigenvalue weighted by molar-refractivity contribution is 0.158. The smallest absolute Gasteiger partial charge is 0.0701 e. The predicted molar refractivity (Wildman–Crippen MR) is 78.6 cm³/mol. The summed E-state index contributed by atoms with van der Waals surface area (Å²) < 4.78 is 1.25. The van der Waals surface area contributed by atoms with Crippen LogP contribution in [0.4, 0.5) is 0 Å². The summed E-state index contributed by atoms with van der Waals surface area (Å²) >= 11 is 5.39. The summed E-state index contributed by atoms with van der Waals surface area (Å²) in [6.45, 7) is 4.89. The molecule has 1 fully saturated rings. The Bertz CT molecular complexity index is 343. The lowest BCUT2D eigenvalue weighted by atomic mass is 9.96. The second-order valence-electron chi connectivity index (χ2n) is 5.19. The van der Waals surface area contributed by atoms with Gasteiger partial charge in [-0.2, -0.15) is 0 Å². The van der Waals surface area contributed by atoms with Gasteiger partial charge in [-0.05, 0) is 74.0 Å². The van der Waals surface area contributed by atoms with Gasteiger partial charge in [-0.3, -0.25) is 4.90 Å². The molecule has 0 aromatic carbocycles. The molecule has 0 N–H and O–H groups in total. The van der Waals surface area contributed by atoms with E-state index in [2.05, 4.69) is 52.0 Å². The van der Waals surface area contributed by atoms with E-state index in [1.54, 1.807) is 0 Å². The van der Waals surface area contributed by atoms with Crippen LogP contribution >= 0.6 is 27.3 Å². The van der Waals surface area contributed by atoms with E-state index in [1.807, 2.05) is 11.3 Å². The van der Waals surface area contributed by atoms with Crippen molar-refractivity contribution in [1.82, 2.24) is 9.80 Å². The van der Waals surface area contributed by atoms with E-state index in [4.69, 9.17) is 0 Å². The van der Waals surface area contributed by atoms with Gasteiger partial charge in [0.25, 0.3) is 0 Å². The van der Waals surface area contributed by atoms with Crippen LogP contribution in [0.25, 0.3) is 0 Å². The lowest BCUT2D eigenvalue weighted by Crippen LogP contribution is -2.36. The Balaban J connectivity index is 1.75. The quantitative estimate of drug-likeness (QED) is 0.841. The molecule has 96 valence electrons. The van der Waals surface area contributed by atoms with Gasteiger partial charge in [0.2, 0.25) is 0 Å². The number of piperidine rings is 1. The van der Waals surface area contributed by atoms with E-state index in [0.29, 0.717) is 0 Å². The zero-order valence-electron chi connectivity index (χ0n) is 10.7. The van der Waals surface area contributed by atoms with Crippen LogP contribution < -0.4 is 0 Å². The zero-order valence-corrected chi connectivity index (χ0v) is 13.1. The Hall–Kier alpha value is 0.1000. The molecule has 1 aliphatic rings. The highest BCUT2D eigenvalue weighted by atomic mass is 79.9. The molecule has 2 nitrogen and oxygen atoms in total. The standard InChI is InChI=1S/C13H21BrN2S/c1-15(2)9-11-5-7-16(8-6-11)10-12-3-4-13(14)17-12/h3-4,11H,5-10H2,1-2H3. The van der Waals surface area contributed by atoms with Gasteiger partial charge < -0.3 is 4.90 Å². The summed E-state index contributed by atoms with van der Waals surface area (Å²) in [5.74, 6) is 0.899. The van der Waals surface area contributed by atoms with Gasteiger partial charge in [-0.25, -0.2) is 0 Å². The third-order valence-corrected chi connectivity index (χ3v) is 4.95. The maximum atomic E-state index is 3.53. The molecule has 1 aliphatic heterocycles. The fourth-order valence-electron chi connectivity index (χ4n) is 2.50. The minimum absolute atomic E-state index is 0.899. The molecule has 1 saturated heterocycles. The van der Waals surface area contributed by atoms with Crippen molar-refractivity contribution in [2.45, 2.75) is 19.4 Å². The minimum Gasteiger partial charge on any atom is -0.309 e. The van der Waals surface area contributed by atoms with Gasteiger partial charge in [0.1, 0.15) is 0 Å². The van der Waals surface area contributed by atoms with Crippen LogP contribution in [0.15, 0.2) is 15.9 Å². The molecule has 17 heavy (non-hydrogen) atoms. The first-order valence-electron chi connectivity index (χ1n) is 6.25. The molecule has 0 radical (unpaired) electrons. The Labute approximate surface area is 117 Å². The van der Waals surface area contributed by atoms with E-state index in [-0.39, 0.29) is 0 Å². The van der Waals surface area contributed by atoms with Crippen molar-refractivity contribution < 1.29 is 0 Å². The van der Waals surface area contributed by atoms with Crippen molar-refractivity contribution in [2.75, 3.05) is 33.7 Å². The number of rotatable bonds is 4. The van der Waals surface area contributed by atoms with Gasteiger partial charge in [0.15, 0.2) is 0 Å². The molecule has 2 heterocycles. The number of nitrogens with zero attached hydrogens (tertiary/aromatic N) is 2. The highest BCUT2D eigenvalue weighted by Gasteiger charge is 2.19. The molecule has 0 bridgehead atoms. The normalized spacial score (nSPS) is 19.1. The fourth-order valence-corrected chi connectivity index (χ4v) is 4.03. The second kappa shape index (κ2) is 6.32. The third-order valence-electron chi connectivity index (χ3n) is 3.34. The average Bonchev–Trinajstić information content (AvgIpc) is 2.66. The van der Waals surface area contributed by atoms with Crippen molar-refractivity contribution in [3.63, 3.8) is 0 Å². The monoisotopic (exact) mass is 316 g/mol. The van der Waals surface area contributed by atoms with Crippen LogP contribution in [0.3, 0.4) is 0 Å². The summed E-state index contributed by atoms with van der Waals surface area (Å²) in [6.07, 6.45) is 2.70. The maximum Gasteiger partial charge on any atom is 0.0701 e. The Morgan fingerprint density at radius 1 is 1.35 bits per heavy atom. The molecule has 0 unspecified atom stereocenters. The zero-order chi connectivity index (χ0) is 12.3. The van der Waals surface area contributed by atoms with Gasteiger partial charge in [0.05, 0.1) is 3.79 Å². The van der Waals surface area contributed by atoms with Crippen molar-refractivity contribution in [3.8, 4) is 0 Å². The van der Waals surface area contributed by atoms with Crippen LogP contribution in [0.1, 0.15) is 17.7 Å². The first-order valence-corrected chi connectivity index (χ1v) is 7.86. The van der Waals surface area contributed by atoms with E-state index in [9.17, 15) is 0 Å². The topological polar surface area (TPSA) is 6.48 Å². The van der Waals surface area contributed by atoms with E-state index >= 15 is 0 Å². The summed E-state index contributed by atoms with van der Waals surface area (Å²) in [5.41, 5.74) is 0. The molecule has 0 spiro atoms. The lowest BCUT2D eigenvalue weighted by Gasteiger charge is -2.32. The van der Waals surface area contributed by atoms with Crippen LogP contribution in [0.2, 0.25) is 0 Å². The van der Waals surface area contributed by atoms with Gasteiger partial charge in [-0.15, -0.1) is 11.3 Å². The summed E-state index contributed by atoms with van der Waals surface area (Å²) in [4.78, 5) is 6.38. The molecule has 0 aliphatic carbocycles. The molecule has 1 aromatic rings. The van der Waals surface area contributed by atoms with E-state index in [0.717, 1.165) is 12.5 Å². The summed E-state index contributed by atoms with van der Waals surface area (Å²) in [7, 11) is 4.35. The van der Waals surface area contributed by atoms with E-state index < -0.39 is 0 Å². The number of hydrogen-bond acceptors (Lipinski definition) is 3.